The largest absolute Gasteiger partial charge is 0.417 e. The third-order valence-corrected chi connectivity index (χ3v) is 9.06. The Kier molecular flexibility index (Phi) is 7.79. The average molecular weight is 636 g/mol. The first-order valence-corrected chi connectivity index (χ1v) is 15.5. The lowest BCUT2D eigenvalue weighted by atomic mass is 9.94. The summed E-state index contributed by atoms with van der Waals surface area (Å²) in [6, 6.07) is 25.6. The number of hydrogen-bond acceptors (Lipinski definition) is 4. The predicted octanol–water partition coefficient (Wildman–Crippen LogP) is 7.05. The molecule has 2 amide bonds. The summed E-state index contributed by atoms with van der Waals surface area (Å²) >= 11 is 0. The molecular weight excluding hydrogens is 603 g/mol. The fourth-order valence-electron chi connectivity index (χ4n) is 6.63. The Hall–Kier alpha value is -5.38. The molecule has 10 heteroatoms. The molecule has 3 aromatic carbocycles. The molecule has 0 atom stereocenters. The van der Waals surface area contributed by atoms with Gasteiger partial charge in [0.2, 0.25) is 0 Å². The molecule has 238 valence electrons. The van der Waals surface area contributed by atoms with Gasteiger partial charge in [-0.05, 0) is 77.7 Å². The molecule has 0 N–H and O–H groups in total. The Balaban J connectivity index is 1.15. The Morgan fingerprint density at radius 3 is 2.21 bits per heavy atom. The number of para-hydroxylation sites is 1. The van der Waals surface area contributed by atoms with E-state index in [1.165, 1.54) is 12.1 Å². The number of benzene rings is 3. The molecule has 2 aromatic heterocycles. The molecule has 0 aliphatic carbocycles. The van der Waals surface area contributed by atoms with Crippen LogP contribution in [0.2, 0.25) is 0 Å². The SMILES string of the molecule is Cc1cc(C(=O)N2Cc3ccc(C(=O)N4CCN(c5ccncc5)CC4)n3Cc3ccccc32)ccc1-c1ccccc1C(F)(F)F. The molecule has 47 heavy (non-hydrogen) atoms. The van der Waals surface area contributed by atoms with Crippen LogP contribution in [0.25, 0.3) is 11.1 Å². The lowest BCUT2D eigenvalue weighted by Gasteiger charge is -2.36. The van der Waals surface area contributed by atoms with Crippen LogP contribution in [0.1, 0.15) is 43.2 Å². The highest BCUT2D eigenvalue weighted by molar-refractivity contribution is 6.07. The van der Waals surface area contributed by atoms with Crippen molar-refractivity contribution in [2.75, 3.05) is 36.0 Å². The Labute approximate surface area is 270 Å². The molecule has 5 aromatic rings. The van der Waals surface area contributed by atoms with E-state index < -0.39 is 11.7 Å². The van der Waals surface area contributed by atoms with E-state index >= 15 is 0 Å². The minimum absolute atomic E-state index is 0.0479. The van der Waals surface area contributed by atoms with Crippen molar-refractivity contribution >= 4 is 23.2 Å². The summed E-state index contributed by atoms with van der Waals surface area (Å²) in [7, 11) is 0. The second kappa shape index (κ2) is 12.1. The average Bonchev–Trinajstić information content (AvgIpc) is 3.40. The molecule has 2 aliphatic rings. The maximum atomic E-state index is 14.1. The molecule has 0 saturated carbocycles. The van der Waals surface area contributed by atoms with Crippen molar-refractivity contribution in [2.24, 2.45) is 0 Å². The van der Waals surface area contributed by atoms with Crippen LogP contribution in [0.3, 0.4) is 0 Å². The summed E-state index contributed by atoms with van der Waals surface area (Å²) in [4.78, 5) is 37.9. The molecule has 2 aliphatic heterocycles. The summed E-state index contributed by atoms with van der Waals surface area (Å²) in [6.45, 7) is 4.99. The highest BCUT2D eigenvalue weighted by atomic mass is 19.4. The van der Waals surface area contributed by atoms with E-state index in [1.807, 2.05) is 58.0 Å². The van der Waals surface area contributed by atoms with Gasteiger partial charge < -0.3 is 19.3 Å². The topological polar surface area (TPSA) is 61.7 Å². The highest BCUT2D eigenvalue weighted by Gasteiger charge is 2.34. The number of nitrogens with zero attached hydrogens (tertiary/aromatic N) is 5. The van der Waals surface area contributed by atoms with Crippen molar-refractivity contribution in [1.29, 1.82) is 0 Å². The molecule has 0 bridgehead atoms. The molecule has 0 spiro atoms. The molecule has 7 nitrogen and oxygen atoms in total. The Bertz CT molecular complexity index is 1960. The van der Waals surface area contributed by atoms with Gasteiger partial charge in [0.05, 0.1) is 18.7 Å². The highest BCUT2D eigenvalue weighted by Crippen LogP contribution is 2.38. The molecular formula is C37H32F3N5O2. The fourth-order valence-corrected chi connectivity index (χ4v) is 6.63. The number of amides is 2. The molecule has 0 unspecified atom stereocenters. The van der Waals surface area contributed by atoms with E-state index in [0.717, 1.165) is 28.7 Å². The predicted molar refractivity (Wildman–Crippen MR) is 174 cm³/mol. The van der Waals surface area contributed by atoms with Crippen molar-refractivity contribution in [2.45, 2.75) is 26.2 Å². The molecule has 7 rings (SSSR count). The van der Waals surface area contributed by atoms with Crippen LogP contribution < -0.4 is 9.80 Å². The van der Waals surface area contributed by atoms with Crippen LogP contribution in [0, 0.1) is 6.92 Å². The lowest BCUT2D eigenvalue weighted by Crippen LogP contribution is -2.49. The summed E-state index contributed by atoms with van der Waals surface area (Å²) in [5, 5.41) is 0. The molecule has 4 heterocycles. The van der Waals surface area contributed by atoms with E-state index in [2.05, 4.69) is 9.88 Å². The summed E-state index contributed by atoms with van der Waals surface area (Å²) in [5.41, 5.74) is 4.81. The quantitative estimate of drug-likeness (QED) is 0.213. The van der Waals surface area contributed by atoms with E-state index in [-0.39, 0.29) is 23.9 Å². The van der Waals surface area contributed by atoms with Crippen LogP contribution in [0.4, 0.5) is 24.5 Å². The number of piperazine rings is 1. The zero-order valence-electron chi connectivity index (χ0n) is 25.7. The van der Waals surface area contributed by atoms with Gasteiger partial charge in [-0.1, -0.05) is 42.5 Å². The van der Waals surface area contributed by atoms with Gasteiger partial charge in [0.1, 0.15) is 5.69 Å². The van der Waals surface area contributed by atoms with Gasteiger partial charge in [0.15, 0.2) is 0 Å². The first-order valence-electron chi connectivity index (χ1n) is 15.5. The molecule has 1 fully saturated rings. The Morgan fingerprint density at radius 2 is 1.47 bits per heavy atom. The first-order chi connectivity index (χ1) is 22.7. The van der Waals surface area contributed by atoms with Gasteiger partial charge >= 0.3 is 6.18 Å². The third-order valence-electron chi connectivity index (χ3n) is 9.06. The van der Waals surface area contributed by atoms with Gasteiger partial charge in [-0.3, -0.25) is 14.6 Å². The number of pyridine rings is 1. The fraction of sp³-hybridized carbons (Fsp3) is 0.216. The van der Waals surface area contributed by atoms with Crippen molar-refractivity contribution in [3.63, 3.8) is 0 Å². The second-order valence-corrected chi connectivity index (χ2v) is 11.9. The van der Waals surface area contributed by atoms with E-state index in [9.17, 15) is 22.8 Å². The minimum Gasteiger partial charge on any atom is -0.368 e. The second-order valence-electron chi connectivity index (χ2n) is 11.9. The summed E-state index contributed by atoms with van der Waals surface area (Å²) < 4.78 is 43.3. The number of rotatable bonds is 4. The number of anilines is 2. The van der Waals surface area contributed by atoms with Crippen LogP contribution in [-0.4, -0.2) is 52.4 Å². The number of fused-ring (bicyclic) bond motifs is 2. The molecule has 1 saturated heterocycles. The lowest BCUT2D eigenvalue weighted by molar-refractivity contribution is -0.137. The van der Waals surface area contributed by atoms with E-state index in [4.69, 9.17) is 0 Å². The van der Waals surface area contributed by atoms with Gasteiger partial charge in [-0.2, -0.15) is 13.2 Å². The maximum Gasteiger partial charge on any atom is 0.417 e. The zero-order chi connectivity index (χ0) is 32.7. The molecule has 0 radical (unpaired) electrons. The van der Waals surface area contributed by atoms with E-state index in [0.29, 0.717) is 55.1 Å². The van der Waals surface area contributed by atoms with Crippen LogP contribution in [-0.2, 0) is 19.3 Å². The monoisotopic (exact) mass is 635 g/mol. The number of carbonyl (C=O) groups excluding carboxylic acids is 2. The smallest absolute Gasteiger partial charge is 0.368 e. The number of aromatic nitrogens is 2. The standard InChI is InChI=1S/C37H32F3N5O2/c1-25-22-26(10-12-30(25)31-7-3-4-8-32(31)37(38,39)40)35(46)45-24-29-11-13-34(44(29)23-27-6-2-5-9-33(27)45)36(47)43-20-18-42(19-21-43)28-14-16-41-17-15-28/h2-17,22H,18-21,23-24H2,1H3. The number of alkyl halides is 3. The summed E-state index contributed by atoms with van der Waals surface area (Å²) in [5.74, 6) is -0.320. The van der Waals surface area contributed by atoms with Crippen molar-refractivity contribution < 1.29 is 22.8 Å². The van der Waals surface area contributed by atoms with Gasteiger partial charge in [0, 0.05) is 61.2 Å². The van der Waals surface area contributed by atoms with Crippen molar-refractivity contribution in [3.8, 4) is 11.1 Å². The van der Waals surface area contributed by atoms with Crippen molar-refractivity contribution in [1.82, 2.24) is 14.5 Å². The third kappa shape index (κ3) is 5.75. The first kappa shape index (κ1) is 30.3. The number of hydrogen-bond donors (Lipinski definition) is 0. The van der Waals surface area contributed by atoms with Gasteiger partial charge in [0.25, 0.3) is 11.8 Å². The van der Waals surface area contributed by atoms with Crippen LogP contribution in [0.15, 0.2) is 103 Å². The Morgan fingerprint density at radius 1 is 0.745 bits per heavy atom. The van der Waals surface area contributed by atoms with Crippen LogP contribution in [0.5, 0.6) is 0 Å². The van der Waals surface area contributed by atoms with E-state index in [1.54, 1.807) is 48.5 Å². The number of halogens is 3. The minimum atomic E-state index is -4.50. The van der Waals surface area contributed by atoms with Gasteiger partial charge in [-0.25, -0.2) is 0 Å². The summed E-state index contributed by atoms with van der Waals surface area (Å²) in [6.07, 6.45) is -0.970. The van der Waals surface area contributed by atoms with Crippen LogP contribution >= 0.6 is 0 Å². The van der Waals surface area contributed by atoms with Crippen molar-refractivity contribution in [3.05, 3.63) is 137 Å². The normalized spacial score (nSPS) is 14.8. The maximum absolute atomic E-state index is 14.1. The van der Waals surface area contributed by atoms with Gasteiger partial charge in [-0.15, -0.1) is 0 Å². The zero-order valence-corrected chi connectivity index (χ0v) is 25.7. The number of carbonyl (C=O) groups is 2. The number of aryl methyl sites for hydroxylation is 1.